The number of benzene rings is 2. The Morgan fingerprint density at radius 1 is 1.03 bits per heavy atom. The number of alkyl halides is 6. The van der Waals surface area contributed by atoms with Gasteiger partial charge in [0.05, 0.1) is 23.4 Å². The minimum Gasteiger partial charge on any atom is -0.492 e. The molecule has 3 aromatic rings. The fraction of sp³-hybridized carbons (Fsp3) is 0.182. The van der Waals surface area contributed by atoms with Gasteiger partial charge in [-0.3, -0.25) is 4.99 Å². The zero-order chi connectivity index (χ0) is 24.1. The predicted molar refractivity (Wildman–Crippen MR) is 107 cm³/mol. The molecule has 1 aliphatic rings. The molecule has 0 aliphatic carbocycles. The van der Waals surface area contributed by atoms with E-state index in [1.165, 1.54) is 13.1 Å². The molecule has 33 heavy (non-hydrogen) atoms. The molecule has 172 valence electrons. The minimum absolute atomic E-state index is 0.0155. The lowest BCUT2D eigenvalue weighted by Crippen LogP contribution is -2.17. The Kier molecular flexibility index (Phi) is 5.22. The first-order valence-electron chi connectivity index (χ1n) is 9.42. The molecule has 0 unspecified atom stereocenters. The summed E-state index contributed by atoms with van der Waals surface area (Å²) in [4.78, 5) is 16.5. The van der Waals surface area contributed by atoms with Crippen LogP contribution in [0.2, 0.25) is 0 Å². The third-order valence-corrected chi connectivity index (χ3v) is 5.13. The van der Waals surface area contributed by atoms with Gasteiger partial charge in [0, 0.05) is 22.9 Å². The number of para-hydroxylation sites is 1. The molecule has 0 saturated carbocycles. The van der Waals surface area contributed by atoms with Crippen LogP contribution >= 0.6 is 0 Å². The third kappa shape index (κ3) is 4.18. The number of aromatic hydroxyl groups is 1. The Morgan fingerprint density at radius 3 is 2.24 bits per heavy atom. The Bertz CT molecular complexity index is 1330. The topological polar surface area (TPSA) is 67.7 Å². The molecule has 11 heteroatoms. The predicted octanol–water partition coefficient (Wildman–Crippen LogP) is 5.88. The highest BCUT2D eigenvalue weighted by atomic mass is 19.4. The van der Waals surface area contributed by atoms with E-state index >= 15 is 0 Å². The molecular formula is C22H14F6N2O3. The molecule has 0 spiro atoms. The van der Waals surface area contributed by atoms with Crippen molar-refractivity contribution in [1.82, 2.24) is 4.57 Å². The largest absolute Gasteiger partial charge is 0.492 e. The Balaban J connectivity index is 1.78. The van der Waals surface area contributed by atoms with Crippen molar-refractivity contribution in [3.8, 4) is 5.88 Å². The maximum Gasteiger partial charge on any atom is 0.422 e. The van der Waals surface area contributed by atoms with Crippen molar-refractivity contribution in [1.29, 1.82) is 0 Å². The van der Waals surface area contributed by atoms with Gasteiger partial charge in [-0.1, -0.05) is 18.2 Å². The van der Waals surface area contributed by atoms with Crippen molar-refractivity contribution >= 4 is 23.0 Å². The van der Waals surface area contributed by atoms with Crippen LogP contribution in [0.4, 0.5) is 32.0 Å². The average Bonchev–Trinajstić information content (AvgIpc) is 3.28. The summed E-state index contributed by atoms with van der Waals surface area (Å²) in [5.74, 6) is -2.13. The molecule has 2 heterocycles. The molecule has 2 aromatic carbocycles. The van der Waals surface area contributed by atoms with Crippen LogP contribution in [0.15, 0.2) is 56.7 Å². The van der Waals surface area contributed by atoms with Gasteiger partial charge in [-0.05, 0) is 36.8 Å². The molecule has 1 aliphatic heterocycles. The molecule has 4 rings (SSSR count). The first kappa shape index (κ1) is 22.4. The number of fused-ring (bicyclic) bond motifs is 1. The summed E-state index contributed by atoms with van der Waals surface area (Å²) >= 11 is 0. The van der Waals surface area contributed by atoms with Gasteiger partial charge >= 0.3 is 18.1 Å². The van der Waals surface area contributed by atoms with Crippen LogP contribution in [-0.4, -0.2) is 15.9 Å². The lowest BCUT2D eigenvalue weighted by atomic mass is 10.0. The lowest BCUT2D eigenvalue weighted by molar-refractivity contribution is -0.143. The van der Waals surface area contributed by atoms with Crippen LogP contribution in [0.3, 0.4) is 0 Å². The quantitative estimate of drug-likeness (QED) is 0.489. The lowest BCUT2D eigenvalue weighted by Gasteiger charge is -2.14. The molecule has 0 radical (unpaired) electrons. The second-order valence-electron chi connectivity index (χ2n) is 7.33. The molecule has 0 bridgehead atoms. The highest BCUT2D eigenvalue weighted by Crippen LogP contribution is 2.39. The summed E-state index contributed by atoms with van der Waals surface area (Å²) in [6.45, 7) is 0.770. The highest BCUT2D eigenvalue weighted by Gasteiger charge is 2.37. The van der Waals surface area contributed by atoms with E-state index in [1.807, 2.05) is 0 Å². The van der Waals surface area contributed by atoms with Gasteiger partial charge < -0.3 is 9.52 Å². The number of nitrogens with zero attached hydrogens (tertiary/aromatic N) is 2. The standard InChI is InChI=1S/C22H14F6N2O3/c1-11(16-9-29-17-5-3-2-4-15(16)17)18-19(31)30(20(32)33-18)10-12-6-13(21(23,24)25)8-14(7-12)22(26,27)28/h2-9,31H,10H2,1H3. The second-order valence-corrected chi connectivity index (χ2v) is 7.33. The summed E-state index contributed by atoms with van der Waals surface area (Å²) in [7, 11) is 0. The van der Waals surface area contributed by atoms with E-state index in [9.17, 15) is 36.2 Å². The monoisotopic (exact) mass is 468 g/mol. The van der Waals surface area contributed by atoms with Crippen LogP contribution in [0.5, 0.6) is 5.88 Å². The van der Waals surface area contributed by atoms with Gasteiger partial charge in [0.25, 0.3) is 0 Å². The van der Waals surface area contributed by atoms with Crippen molar-refractivity contribution in [2.75, 3.05) is 0 Å². The zero-order valence-corrected chi connectivity index (χ0v) is 16.8. The van der Waals surface area contributed by atoms with Crippen molar-refractivity contribution in [2.24, 2.45) is 4.99 Å². The van der Waals surface area contributed by atoms with Gasteiger partial charge in [0.2, 0.25) is 5.88 Å². The molecule has 0 amide bonds. The van der Waals surface area contributed by atoms with Crippen molar-refractivity contribution in [3.05, 3.63) is 81.0 Å². The first-order chi connectivity index (χ1) is 15.4. The summed E-state index contributed by atoms with van der Waals surface area (Å²) in [6, 6.07) is 7.99. The molecule has 0 fully saturated rings. The smallest absolute Gasteiger partial charge is 0.422 e. The van der Waals surface area contributed by atoms with Gasteiger partial charge in [-0.25, -0.2) is 9.36 Å². The van der Waals surface area contributed by atoms with Crippen LogP contribution in [-0.2, 0) is 18.9 Å². The van der Waals surface area contributed by atoms with Crippen LogP contribution < -0.4 is 5.76 Å². The van der Waals surface area contributed by atoms with E-state index in [0.29, 0.717) is 39.1 Å². The van der Waals surface area contributed by atoms with E-state index in [1.54, 1.807) is 24.3 Å². The minimum atomic E-state index is -5.04. The molecule has 1 N–H and O–H groups in total. The van der Waals surface area contributed by atoms with E-state index in [-0.39, 0.29) is 11.8 Å². The summed E-state index contributed by atoms with van der Waals surface area (Å²) < 4.78 is 84.3. The van der Waals surface area contributed by atoms with Crippen LogP contribution in [0, 0.1) is 0 Å². The van der Waals surface area contributed by atoms with Gasteiger partial charge in [-0.15, -0.1) is 0 Å². The normalized spacial score (nSPS) is 15.1. The van der Waals surface area contributed by atoms with Crippen LogP contribution in [0.1, 0.15) is 34.9 Å². The van der Waals surface area contributed by atoms with Gasteiger partial charge in [0.15, 0.2) is 5.76 Å². The molecule has 0 saturated heterocycles. The van der Waals surface area contributed by atoms with Crippen molar-refractivity contribution in [2.45, 2.75) is 25.8 Å². The zero-order valence-electron chi connectivity index (χ0n) is 16.8. The number of hydrogen-bond acceptors (Lipinski definition) is 4. The molecule has 1 aromatic heterocycles. The summed E-state index contributed by atoms with van der Waals surface area (Å²) in [6.07, 6.45) is -8.58. The van der Waals surface area contributed by atoms with E-state index in [2.05, 4.69) is 4.99 Å². The maximum absolute atomic E-state index is 13.1. The van der Waals surface area contributed by atoms with Crippen molar-refractivity contribution < 1.29 is 35.9 Å². The molecular weight excluding hydrogens is 454 g/mol. The molecule has 5 nitrogen and oxygen atoms in total. The van der Waals surface area contributed by atoms with E-state index in [4.69, 9.17) is 4.42 Å². The number of hydrogen-bond donors (Lipinski definition) is 1. The van der Waals surface area contributed by atoms with Crippen LogP contribution in [0.25, 0.3) is 11.1 Å². The maximum atomic E-state index is 13.1. The summed E-state index contributed by atoms with van der Waals surface area (Å²) in [5.41, 5.74) is -1.33. The SMILES string of the molecule is CC(=C1C=Nc2ccccc21)c1oc(=O)n(Cc2cc(C(F)(F)F)cc(C(F)(F)F)c2)c1O. The Hall–Kier alpha value is -3.76. The number of rotatable bonds is 3. The Labute approximate surface area is 181 Å². The first-order valence-corrected chi connectivity index (χ1v) is 9.42. The fourth-order valence-electron chi connectivity index (χ4n) is 3.51. The fourth-order valence-corrected chi connectivity index (χ4v) is 3.51. The number of aliphatic imine (C=N–C) groups is 1. The number of allylic oxidation sites excluding steroid dienone is 2. The number of aromatic nitrogens is 1. The molecule has 0 atom stereocenters. The number of halogens is 6. The summed E-state index contributed by atoms with van der Waals surface area (Å²) in [5, 5.41) is 10.6. The third-order valence-electron chi connectivity index (χ3n) is 5.13. The van der Waals surface area contributed by atoms with Crippen molar-refractivity contribution in [3.63, 3.8) is 0 Å². The average molecular weight is 468 g/mol. The number of oxazole rings is 1. The van der Waals surface area contributed by atoms with Gasteiger partial charge in [-0.2, -0.15) is 26.3 Å². The second kappa shape index (κ2) is 7.68. The van der Waals surface area contributed by atoms with E-state index in [0.717, 1.165) is 0 Å². The van der Waals surface area contributed by atoms with E-state index < -0.39 is 47.2 Å². The Morgan fingerprint density at radius 2 is 1.64 bits per heavy atom. The highest BCUT2D eigenvalue weighted by molar-refractivity contribution is 6.23. The van der Waals surface area contributed by atoms with Gasteiger partial charge in [0.1, 0.15) is 0 Å².